The van der Waals surface area contributed by atoms with Crippen LogP contribution >= 0.6 is 0 Å². The molecule has 0 aromatic heterocycles. The van der Waals surface area contributed by atoms with Crippen molar-refractivity contribution in [3.63, 3.8) is 0 Å². The topological polar surface area (TPSA) is 0 Å². The van der Waals surface area contributed by atoms with Crippen LogP contribution in [0.4, 0.5) is 0 Å². The molecule has 0 bridgehead atoms. The molecular formula is C18H38. The van der Waals surface area contributed by atoms with Gasteiger partial charge in [0.1, 0.15) is 0 Å². The second-order valence-corrected chi connectivity index (χ2v) is 6.26. The molecule has 2 rings (SSSR count). The second-order valence-electron chi connectivity index (χ2n) is 6.26. The quantitative estimate of drug-likeness (QED) is 0.498. The summed E-state index contributed by atoms with van der Waals surface area (Å²) in [4.78, 5) is 0. The number of fused-ring (bicyclic) bond motifs is 1. The van der Waals surface area contributed by atoms with Crippen LogP contribution in [0.2, 0.25) is 0 Å². The zero-order chi connectivity index (χ0) is 14.1. The lowest BCUT2D eigenvalue weighted by Gasteiger charge is -2.42. The highest BCUT2D eigenvalue weighted by Crippen LogP contribution is 2.46. The molecule has 0 N–H and O–H groups in total. The molecule has 0 nitrogen and oxygen atoms in total. The zero-order valence-electron chi connectivity index (χ0n) is 14.1. The van der Waals surface area contributed by atoms with Crippen molar-refractivity contribution in [1.29, 1.82) is 0 Å². The molecule has 0 spiro atoms. The minimum Gasteiger partial charge on any atom is -0.0683 e. The highest BCUT2D eigenvalue weighted by molar-refractivity contribution is 4.85. The molecule has 0 amide bonds. The van der Waals surface area contributed by atoms with Crippen molar-refractivity contribution in [3.8, 4) is 0 Å². The molecule has 0 aliphatic heterocycles. The molecule has 0 saturated heterocycles. The molecule has 0 heteroatoms. The molecular weight excluding hydrogens is 216 g/mol. The highest BCUT2D eigenvalue weighted by Gasteiger charge is 2.34. The lowest BCUT2D eigenvalue weighted by atomic mass is 9.63. The molecule has 2 saturated carbocycles. The maximum absolute atomic E-state index is 2.45. The smallest absolute Gasteiger partial charge is 0.0381 e. The standard InChI is InChI=1S/C14H26.2C2H6/c1-10(2)13-7-6-12-5-4-11(3)8-14(12)9-13;2*1-2/h10-14H,4-9H2,1-3H3;2*1-2H3. The monoisotopic (exact) mass is 254 g/mol. The Labute approximate surface area is 117 Å². The Hall–Kier alpha value is 0. The lowest BCUT2D eigenvalue weighted by molar-refractivity contribution is 0.0861. The molecule has 2 fully saturated rings. The Kier molecular flexibility index (Phi) is 9.87. The van der Waals surface area contributed by atoms with E-state index >= 15 is 0 Å². The predicted octanol–water partition coefficient (Wildman–Crippen LogP) is 6.55. The van der Waals surface area contributed by atoms with Gasteiger partial charge in [-0.1, -0.05) is 54.9 Å². The van der Waals surface area contributed by atoms with Crippen LogP contribution < -0.4 is 0 Å². The summed E-state index contributed by atoms with van der Waals surface area (Å²) in [6, 6.07) is 0. The minimum atomic E-state index is 0.924. The molecule has 2 aliphatic carbocycles. The Balaban J connectivity index is 0.000000659. The molecule has 2 aliphatic rings. The van der Waals surface area contributed by atoms with Crippen molar-refractivity contribution in [2.24, 2.45) is 29.6 Å². The lowest BCUT2D eigenvalue weighted by Crippen LogP contribution is -2.31. The van der Waals surface area contributed by atoms with Crippen LogP contribution in [0, 0.1) is 29.6 Å². The Morgan fingerprint density at radius 3 is 1.83 bits per heavy atom. The van der Waals surface area contributed by atoms with E-state index in [1.807, 2.05) is 27.7 Å². The predicted molar refractivity (Wildman–Crippen MR) is 84.9 cm³/mol. The van der Waals surface area contributed by atoms with E-state index in [2.05, 4.69) is 20.8 Å². The van der Waals surface area contributed by atoms with E-state index < -0.39 is 0 Å². The van der Waals surface area contributed by atoms with Gasteiger partial charge in [-0.25, -0.2) is 0 Å². The molecule has 4 atom stereocenters. The second kappa shape index (κ2) is 9.87. The molecule has 0 aromatic carbocycles. The summed E-state index contributed by atoms with van der Waals surface area (Å²) in [5.74, 6) is 5.19. The average molecular weight is 255 g/mol. The zero-order valence-corrected chi connectivity index (χ0v) is 14.1. The largest absolute Gasteiger partial charge is 0.0683 e. The maximum atomic E-state index is 2.45. The van der Waals surface area contributed by atoms with E-state index in [4.69, 9.17) is 0 Å². The van der Waals surface area contributed by atoms with Crippen molar-refractivity contribution in [2.45, 2.75) is 87.0 Å². The SMILES string of the molecule is CC.CC.CC1CCC2CCC(C(C)C)CC2C1. The summed E-state index contributed by atoms with van der Waals surface area (Å²) in [5.41, 5.74) is 0. The van der Waals surface area contributed by atoms with Gasteiger partial charge in [0, 0.05) is 0 Å². The summed E-state index contributed by atoms with van der Waals surface area (Å²) in [5, 5.41) is 0. The van der Waals surface area contributed by atoms with Crippen LogP contribution in [0.15, 0.2) is 0 Å². The Bertz CT molecular complexity index is 182. The third-order valence-electron chi connectivity index (χ3n) is 4.86. The van der Waals surface area contributed by atoms with Crippen molar-refractivity contribution < 1.29 is 0 Å². The fourth-order valence-electron chi connectivity index (χ4n) is 3.77. The van der Waals surface area contributed by atoms with Crippen molar-refractivity contribution in [2.75, 3.05) is 0 Å². The summed E-state index contributed by atoms with van der Waals surface area (Å²) < 4.78 is 0. The van der Waals surface area contributed by atoms with E-state index in [0.717, 1.165) is 29.6 Å². The van der Waals surface area contributed by atoms with E-state index in [0.29, 0.717) is 0 Å². The van der Waals surface area contributed by atoms with Crippen molar-refractivity contribution in [3.05, 3.63) is 0 Å². The van der Waals surface area contributed by atoms with E-state index in [1.54, 1.807) is 12.8 Å². The molecule has 4 unspecified atom stereocenters. The molecule has 18 heavy (non-hydrogen) atoms. The third-order valence-corrected chi connectivity index (χ3v) is 4.86. The first-order valence-electron chi connectivity index (χ1n) is 8.66. The van der Waals surface area contributed by atoms with Crippen LogP contribution in [-0.2, 0) is 0 Å². The van der Waals surface area contributed by atoms with Gasteiger partial charge >= 0.3 is 0 Å². The number of rotatable bonds is 1. The van der Waals surface area contributed by atoms with E-state index in [-0.39, 0.29) is 0 Å². The van der Waals surface area contributed by atoms with Gasteiger partial charge in [0.05, 0.1) is 0 Å². The van der Waals surface area contributed by atoms with Gasteiger partial charge in [0.2, 0.25) is 0 Å². The van der Waals surface area contributed by atoms with Gasteiger partial charge in [-0.3, -0.25) is 0 Å². The minimum absolute atomic E-state index is 0.924. The van der Waals surface area contributed by atoms with E-state index in [1.165, 1.54) is 25.7 Å². The Morgan fingerprint density at radius 2 is 1.28 bits per heavy atom. The Morgan fingerprint density at radius 1 is 0.722 bits per heavy atom. The molecule has 110 valence electrons. The van der Waals surface area contributed by atoms with Gasteiger partial charge in [-0.2, -0.15) is 0 Å². The van der Waals surface area contributed by atoms with Gasteiger partial charge in [-0.05, 0) is 61.7 Å². The van der Waals surface area contributed by atoms with Crippen LogP contribution in [0.1, 0.15) is 87.0 Å². The summed E-state index contributed by atoms with van der Waals surface area (Å²) in [7, 11) is 0. The van der Waals surface area contributed by atoms with Gasteiger partial charge < -0.3 is 0 Å². The fourth-order valence-corrected chi connectivity index (χ4v) is 3.77. The number of hydrogen-bond acceptors (Lipinski definition) is 0. The van der Waals surface area contributed by atoms with Crippen LogP contribution in [0.25, 0.3) is 0 Å². The van der Waals surface area contributed by atoms with Gasteiger partial charge in [0.15, 0.2) is 0 Å². The first kappa shape index (κ1) is 18.0. The van der Waals surface area contributed by atoms with Gasteiger partial charge in [-0.15, -0.1) is 0 Å². The first-order valence-corrected chi connectivity index (χ1v) is 8.66. The molecule has 0 heterocycles. The molecule has 0 aromatic rings. The summed E-state index contributed by atoms with van der Waals surface area (Å²) >= 11 is 0. The van der Waals surface area contributed by atoms with Crippen LogP contribution in [0.5, 0.6) is 0 Å². The summed E-state index contributed by atoms with van der Waals surface area (Å²) in [6.45, 7) is 15.3. The average Bonchev–Trinajstić information content (AvgIpc) is 2.42. The van der Waals surface area contributed by atoms with Crippen LogP contribution in [-0.4, -0.2) is 0 Å². The van der Waals surface area contributed by atoms with Crippen molar-refractivity contribution >= 4 is 0 Å². The number of hydrogen-bond donors (Lipinski definition) is 0. The molecule has 0 radical (unpaired) electrons. The highest BCUT2D eigenvalue weighted by atomic mass is 14.4. The summed E-state index contributed by atoms with van der Waals surface area (Å²) in [6.07, 6.45) is 9.19. The normalized spacial score (nSPS) is 34.7. The fraction of sp³-hybridized carbons (Fsp3) is 1.00. The first-order chi connectivity index (χ1) is 8.66. The third kappa shape index (κ3) is 5.33. The van der Waals surface area contributed by atoms with E-state index in [9.17, 15) is 0 Å². The van der Waals surface area contributed by atoms with Gasteiger partial charge in [0.25, 0.3) is 0 Å². The van der Waals surface area contributed by atoms with Crippen molar-refractivity contribution in [1.82, 2.24) is 0 Å². The van der Waals surface area contributed by atoms with Crippen LogP contribution in [0.3, 0.4) is 0 Å². The maximum Gasteiger partial charge on any atom is -0.0381 e.